The van der Waals surface area contributed by atoms with Gasteiger partial charge >= 0.3 is 0 Å². The molecular weight excluding hydrogens is 352 g/mol. The maximum absolute atomic E-state index is 3.58. The minimum atomic E-state index is 1.22. The van der Waals surface area contributed by atoms with Crippen LogP contribution in [0.2, 0.25) is 0 Å². The molecule has 0 nitrogen and oxygen atoms in total. The molecule has 3 rings (SSSR count). The van der Waals surface area contributed by atoms with Gasteiger partial charge in [-0.2, -0.15) is 0 Å². The zero-order chi connectivity index (χ0) is 9.00. The van der Waals surface area contributed by atoms with Crippen molar-refractivity contribution in [2.24, 2.45) is 0 Å². The molecule has 0 aliphatic rings. The maximum atomic E-state index is 3.58. The van der Waals surface area contributed by atoms with E-state index in [4.69, 9.17) is 0 Å². The number of fused-ring (bicyclic) bond motifs is 3. The lowest BCUT2D eigenvalue weighted by Gasteiger charge is -1.80. The lowest BCUT2D eigenvalue weighted by Crippen LogP contribution is -1.53. The van der Waals surface area contributed by atoms with E-state index in [1.807, 2.05) is 34.0 Å². The highest BCUT2D eigenvalue weighted by Gasteiger charge is 2.12. The van der Waals surface area contributed by atoms with Crippen molar-refractivity contribution < 1.29 is 0 Å². The average Bonchev–Trinajstić information content (AvgIpc) is 2.63. The van der Waals surface area contributed by atoms with Crippen LogP contribution in [0.25, 0.3) is 18.8 Å². The lowest BCUT2D eigenvalue weighted by molar-refractivity contribution is 2.02. The van der Waals surface area contributed by atoms with Crippen LogP contribution in [-0.2, 0) is 0 Å². The van der Waals surface area contributed by atoms with Gasteiger partial charge in [-0.15, -0.1) is 34.0 Å². The lowest BCUT2D eigenvalue weighted by atomic mass is 10.3. The summed E-state index contributed by atoms with van der Waals surface area (Å²) in [5, 5.41) is 4.92. The van der Waals surface area contributed by atoms with Crippen molar-refractivity contribution in [2.45, 2.75) is 0 Å². The van der Waals surface area contributed by atoms with E-state index in [9.17, 15) is 0 Å². The van der Waals surface area contributed by atoms with Crippen LogP contribution in [0, 0.1) is 0 Å². The van der Waals surface area contributed by atoms with Gasteiger partial charge in [0.05, 0.1) is 11.8 Å². The molecule has 5 heteroatoms. The van der Waals surface area contributed by atoms with Crippen molar-refractivity contribution in [1.82, 2.24) is 0 Å². The van der Waals surface area contributed by atoms with Crippen LogP contribution in [0.15, 0.2) is 19.7 Å². The van der Waals surface area contributed by atoms with E-state index < -0.39 is 0 Å². The van der Waals surface area contributed by atoms with E-state index in [1.165, 1.54) is 27.1 Å². The molecule has 0 atom stereocenters. The van der Waals surface area contributed by atoms with Crippen molar-refractivity contribution in [3.05, 3.63) is 19.7 Å². The third-order valence-corrected chi connectivity index (χ3v) is 6.80. The van der Waals surface area contributed by atoms with Gasteiger partial charge in [0.2, 0.25) is 0 Å². The maximum Gasteiger partial charge on any atom is 0.0898 e. The molecule has 0 N–H and O–H groups in total. The molecule has 0 radical (unpaired) electrons. The van der Waals surface area contributed by atoms with Gasteiger partial charge < -0.3 is 0 Å². The molecular formula is C8H2Br2S3. The minimum Gasteiger partial charge on any atom is -0.132 e. The van der Waals surface area contributed by atoms with Crippen molar-refractivity contribution in [1.29, 1.82) is 0 Å². The van der Waals surface area contributed by atoms with Gasteiger partial charge in [0.25, 0.3) is 0 Å². The first-order chi connectivity index (χ1) is 6.25. The van der Waals surface area contributed by atoms with E-state index in [-0.39, 0.29) is 0 Å². The topological polar surface area (TPSA) is 0 Å². The zero-order valence-electron chi connectivity index (χ0n) is 6.14. The fourth-order valence-corrected chi connectivity index (χ4v) is 6.79. The molecule has 0 saturated carbocycles. The predicted octanol–water partition coefficient (Wildman–Crippen LogP) is 5.70. The highest BCUT2D eigenvalue weighted by atomic mass is 79.9. The van der Waals surface area contributed by atoms with Crippen LogP contribution in [0.3, 0.4) is 0 Å². The molecule has 0 spiro atoms. The molecule has 3 aromatic rings. The van der Waals surface area contributed by atoms with Crippen LogP contribution >= 0.6 is 65.9 Å². The first-order valence-corrected chi connectivity index (χ1v) is 7.60. The number of thiophene rings is 3. The van der Waals surface area contributed by atoms with Crippen molar-refractivity contribution >= 4 is 84.7 Å². The molecule has 13 heavy (non-hydrogen) atoms. The van der Waals surface area contributed by atoms with Gasteiger partial charge in [-0.1, -0.05) is 0 Å². The Balaban J connectivity index is 2.63. The fourth-order valence-electron chi connectivity index (χ4n) is 1.31. The van der Waals surface area contributed by atoms with Crippen LogP contribution in [0.5, 0.6) is 0 Å². The zero-order valence-corrected chi connectivity index (χ0v) is 11.8. The van der Waals surface area contributed by atoms with E-state index in [0.717, 1.165) is 0 Å². The summed E-state index contributed by atoms with van der Waals surface area (Å²) in [5.74, 6) is 0. The van der Waals surface area contributed by atoms with Crippen molar-refractivity contribution in [3.8, 4) is 0 Å². The SMILES string of the molecule is Brc1cc2c(s1)sc1scc(Br)c12. The molecule has 0 aromatic carbocycles. The third-order valence-electron chi connectivity index (χ3n) is 1.84. The standard InChI is InChI=1S/C8H2Br2S3/c9-4-2-11-8-6(4)3-1-5(10)12-7(3)13-8/h1-2H. The molecule has 3 heterocycles. The fraction of sp³-hybridized carbons (Fsp3) is 0. The summed E-state index contributed by atoms with van der Waals surface area (Å²) in [6, 6.07) is 2.20. The Morgan fingerprint density at radius 3 is 2.77 bits per heavy atom. The van der Waals surface area contributed by atoms with Crippen LogP contribution in [-0.4, -0.2) is 0 Å². The summed E-state index contributed by atoms with van der Waals surface area (Å²) in [4.78, 5) is 0. The monoisotopic (exact) mass is 352 g/mol. The van der Waals surface area contributed by atoms with Crippen molar-refractivity contribution in [2.75, 3.05) is 0 Å². The second-order valence-electron chi connectivity index (χ2n) is 2.60. The summed E-state index contributed by atoms with van der Waals surface area (Å²) in [6.07, 6.45) is 0. The molecule has 0 bridgehead atoms. The summed E-state index contributed by atoms with van der Waals surface area (Å²) in [5.41, 5.74) is 0. The highest BCUT2D eigenvalue weighted by molar-refractivity contribution is 9.11. The summed E-state index contributed by atoms with van der Waals surface area (Å²) in [7, 11) is 0. The minimum absolute atomic E-state index is 1.22. The van der Waals surface area contributed by atoms with Crippen LogP contribution < -0.4 is 0 Å². The Morgan fingerprint density at radius 1 is 1.08 bits per heavy atom. The molecule has 0 aliphatic carbocycles. The Labute approximate surface area is 103 Å². The number of rotatable bonds is 0. The van der Waals surface area contributed by atoms with Gasteiger partial charge in [-0.3, -0.25) is 0 Å². The Kier molecular flexibility index (Phi) is 2.07. The number of hydrogen-bond acceptors (Lipinski definition) is 3. The van der Waals surface area contributed by atoms with Gasteiger partial charge in [0.15, 0.2) is 0 Å². The molecule has 0 unspecified atom stereocenters. The van der Waals surface area contributed by atoms with Gasteiger partial charge in [0, 0.05) is 20.6 Å². The number of hydrogen-bond donors (Lipinski definition) is 0. The predicted molar refractivity (Wildman–Crippen MR) is 70.5 cm³/mol. The molecule has 0 fully saturated rings. The third kappa shape index (κ3) is 1.25. The summed E-state index contributed by atoms with van der Waals surface area (Å²) >= 11 is 12.6. The van der Waals surface area contributed by atoms with Gasteiger partial charge in [-0.05, 0) is 37.9 Å². The van der Waals surface area contributed by atoms with E-state index in [1.54, 1.807) is 0 Å². The highest BCUT2D eigenvalue weighted by Crippen LogP contribution is 2.46. The smallest absolute Gasteiger partial charge is 0.0898 e. The normalized spacial score (nSPS) is 11.8. The van der Waals surface area contributed by atoms with Crippen molar-refractivity contribution in [3.63, 3.8) is 0 Å². The Hall–Kier alpha value is 0.580. The summed E-state index contributed by atoms with van der Waals surface area (Å²) < 4.78 is 5.27. The molecule has 66 valence electrons. The van der Waals surface area contributed by atoms with Crippen LogP contribution in [0.1, 0.15) is 0 Å². The molecule has 3 aromatic heterocycles. The van der Waals surface area contributed by atoms with Gasteiger partial charge in [0.1, 0.15) is 0 Å². The van der Waals surface area contributed by atoms with Gasteiger partial charge in [-0.25, -0.2) is 0 Å². The average molecular weight is 354 g/mol. The van der Waals surface area contributed by atoms with E-state index in [2.05, 4.69) is 43.3 Å². The largest absolute Gasteiger partial charge is 0.132 e. The van der Waals surface area contributed by atoms with E-state index >= 15 is 0 Å². The first-order valence-electron chi connectivity index (χ1n) is 3.50. The molecule has 0 aliphatic heterocycles. The first kappa shape index (κ1) is 8.85. The Morgan fingerprint density at radius 2 is 1.92 bits per heavy atom. The van der Waals surface area contributed by atoms with E-state index in [0.29, 0.717) is 0 Å². The Bertz CT molecular complexity index is 587. The molecule has 0 saturated heterocycles. The quantitative estimate of drug-likeness (QED) is 0.486. The second-order valence-corrected chi connectivity index (χ2v) is 8.30. The summed E-state index contributed by atoms with van der Waals surface area (Å²) in [6.45, 7) is 0. The number of halogens is 2. The molecule has 0 amide bonds. The second kappa shape index (κ2) is 3.03. The van der Waals surface area contributed by atoms with Crippen LogP contribution in [0.4, 0.5) is 0 Å².